The fraction of sp³-hybridized carbons (Fsp3) is 0.733. The number of aryl methyl sites for hydroxylation is 2. The molecule has 0 bridgehead atoms. The molecular weight excluding hydrogens is 270 g/mol. The molecule has 2 N–H and O–H groups in total. The highest BCUT2D eigenvalue weighted by Crippen LogP contribution is 2.21. The van der Waals surface area contributed by atoms with Crippen LogP contribution >= 0.6 is 0 Å². The second-order valence-electron chi connectivity index (χ2n) is 5.87. The molecule has 118 valence electrons. The number of aliphatic hydroxyl groups is 1. The maximum Gasteiger partial charge on any atom is 0.220 e. The summed E-state index contributed by atoms with van der Waals surface area (Å²) in [5.41, 5.74) is 2.71. The quantitative estimate of drug-likeness (QED) is 0.835. The van der Waals surface area contributed by atoms with Crippen LogP contribution in [-0.4, -0.2) is 46.2 Å². The van der Waals surface area contributed by atoms with Crippen molar-refractivity contribution >= 4 is 5.91 Å². The Morgan fingerprint density at radius 2 is 2.10 bits per heavy atom. The molecule has 0 aromatic carbocycles. The van der Waals surface area contributed by atoms with Gasteiger partial charge in [-0.3, -0.25) is 9.48 Å². The third-order valence-corrected chi connectivity index (χ3v) is 4.42. The van der Waals surface area contributed by atoms with E-state index in [0.717, 1.165) is 17.0 Å². The van der Waals surface area contributed by atoms with Crippen LogP contribution in [0.3, 0.4) is 0 Å². The second kappa shape index (κ2) is 6.58. The van der Waals surface area contributed by atoms with E-state index in [9.17, 15) is 9.90 Å². The van der Waals surface area contributed by atoms with Gasteiger partial charge in [0, 0.05) is 32.4 Å². The maximum atomic E-state index is 12.2. The van der Waals surface area contributed by atoms with Crippen LogP contribution in [0.4, 0.5) is 0 Å². The van der Waals surface area contributed by atoms with Crippen LogP contribution in [0.5, 0.6) is 0 Å². The summed E-state index contributed by atoms with van der Waals surface area (Å²) in [4.78, 5) is 12.2. The van der Waals surface area contributed by atoms with Crippen LogP contribution in [-0.2, 0) is 23.0 Å². The third kappa shape index (κ3) is 3.63. The Balaban J connectivity index is 1.92. The van der Waals surface area contributed by atoms with E-state index in [1.54, 1.807) is 0 Å². The summed E-state index contributed by atoms with van der Waals surface area (Å²) in [6, 6.07) is 0. The topological polar surface area (TPSA) is 76.4 Å². The molecule has 2 rings (SSSR count). The Hall–Kier alpha value is -1.40. The Bertz CT molecular complexity index is 505. The van der Waals surface area contributed by atoms with E-state index in [4.69, 9.17) is 4.74 Å². The van der Waals surface area contributed by atoms with E-state index in [1.165, 1.54) is 0 Å². The summed E-state index contributed by atoms with van der Waals surface area (Å²) in [5, 5.41) is 16.9. The number of aromatic nitrogens is 2. The standard InChI is InChI=1S/C15H25N3O3/c1-11-13(12(2)18(3)17-11)4-5-14(20)16-15(10-19)6-8-21-9-7-15/h19H,4-10H2,1-3H3,(H,16,20). The first kappa shape index (κ1) is 16.0. The summed E-state index contributed by atoms with van der Waals surface area (Å²) in [6.45, 7) is 5.12. The lowest BCUT2D eigenvalue weighted by molar-refractivity contribution is -0.125. The van der Waals surface area contributed by atoms with Crippen molar-refractivity contribution in [3.05, 3.63) is 17.0 Å². The molecule has 21 heavy (non-hydrogen) atoms. The SMILES string of the molecule is Cc1nn(C)c(C)c1CCC(=O)NC1(CO)CCOCC1. The van der Waals surface area contributed by atoms with Gasteiger partial charge >= 0.3 is 0 Å². The van der Waals surface area contributed by atoms with Gasteiger partial charge in [-0.1, -0.05) is 0 Å². The summed E-state index contributed by atoms with van der Waals surface area (Å²) >= 11 is 0. The number of carbonyl (C=O) groups excluding carboxylic acids is 1. The number of ether oxygens (including phenoxy) is 1. The molecule has 6 heteroatoms. The Morgan fingerprint density at radius 1 is 1.43 bits per heavy atom. The molecule has 1 aliphatic heterocycles. The van der Waals surface area contributed by atoms with Crippen molar-refractivity contribution in [2.24, 2.45) is 7.05 Å². The van der Waals surface area contributed by atoms with E-state index >= 15 is 0 Å². The molecule has 1 aliphatic rings. The molecule has 0 atom stereocenters. The number of rotatable bonds is 5. The van der Waals surface area contributed by atoms with Crippen molar-refractivity contribution in [1.82, 2.24) is 15.1 Å². The van der Waals surface area contributed by atoms with E-state index in [2.05, 4.69) is 10.4 Å². The number of hydrogen-bond donors (Lipinski definition) is 2. The highest BCUT2D eigenvalue weighted by atomic mass is 16.5. The Labute approximate surface area is 125 Å². The van der Waals surface area contributed by atoms with E-state index in [-0.39, 0.29) is 12.5 Å². The molecule has 1 aromatic heterocycles. The molecule has 1 fully saturated rings. The molecule has 2 heterocycles. The first-order valence-electron chi connectivity index (χ1n) is 7.46. The number of nitrogens with one attached hydrogen (secondary N) is 1. The smallest absolute Gasteiger partial charge is 0.220 e. The zero-order valence-electron chi connectivity index (χ0n) is 13.1. The van der Waals surface area contributed by atoms with Gasteiger partial charge in [-0.15, -0.1) is 0 Å². The van der Waals surface area contributed by atoms with Gasteiger partial charge in [0.2, 0.25) is 5.91 Å². The third-order valence-electron chi connectivity index (χ3n) is 4.42. The minimum absolute atomic E-state index is 0.0198. The molecular formula is C15H25N3O3. The van der Waals surface area contributed by atoms with Crippen molar-refractivity contribution in [1.29, 1.82) is 0 Å². The molecule has 0 aliphatic carbocycles. The summed E-state index contributed by atoms with van der Waals surface area (Å²) in [6.07, 6.45) is 2.42. The predicted molar refractivity (Wildman–Crippen MR) is 79.0 cm³/mol. The van der Waals surface area contributed by atoms with Gasteiger partial charge in [0.05, 0.1) is 17.8 Å². The average Bonchev–Trinajstić information content (AvgIpc) is 2.71. The summed E-state index contributed by atoms with van der Waals surface area (Å²) < 4.78 is 7.14. The van der Waals surface area contributed by atoms with Crippen molar-refractivity contribution in [3.8, 4) is 0 Å². The number of hydrogen-bond acceptors (Lipinski definition) is 4. The van der Waals surface area contributed by atoms with Gasteiger partial charge in [0.15, 0.2) is 0 Å². The van der Waals surface area contributed by atoms with Gasteiger partial charge in [0.1, 0.15) is 0 Å². The first-order chi connectivity index (χ1) is 9.97. The lowest BCUT2D eigenvalue weighted by Crippen LogP contribution is -2.54. The Kier molecular flexibility index (Phi) is 5.00. The number of carbonyl (C=O) groups is 1. The molecule has 1 aromatic rings. The highest BCUT2D eigenvalue weighted by molar-refractivity contribution is 5.77. The van der Waals surface area contributed by atoms with Crippen molar-refractivity contribution in [3.63, 3.8) is 0 Å². The van der Waals surface area contributed by atoms with Crippen molar-refractivity contribution in [2.75, 3.05) is 19.8 Å². The predicted octanol–water partition coefficient (Wildman–Crippen LogP) is 0.627. The van der Waals surface area contributed by atoms with Gasteiger partial charge in [0.25, 0.3) is 0 Å². The van der Waals surface area contributed by atoms with Gasteiger partial charge in [-0.05, 0) is 38.7 Å². The molecule has 1 amide bonds. The summed E-state index contributed by atoms with van der Waals surface area (Å²) in [5.74, 6) is -0.0198. The fourth-order valence-corrected chi connectivity index (χ4v) is 2.86. The Morgan fingerprint density at radius 3 is 2.62 bits per heavy atom. The van der Waals surface area contributed by atoms with Crippen LogP contribution in [0.2, 0.25) is 0 Å². The molecule has 1 saturated heterocycles. The largest absolute Gasteiger partial charge is 0.394 e. The molecule has 6 nitrogen and oxygen atoms in total. The second-order valence-corrected chi connectivity index (χ2v) is 5.87. The molecule has 0 radical (unpaired) electrons. The maximum absolute atomic E-state index is 12.2. The van der Waals surface area contributed by atoms with E-state index in [0.29, 0.717) is 38.9 Å². The van der Waals surface area contributed by atoms with Crippen molar-refractivity contribution in [2.45, 2.75) is 45.1 Å². The zero-order chi connectivity index (χ0) is 15.5. The first-order valence-corrected chi connectivity index (χ1v) is 7.46. The lowest BCUT2D eigenvalue weighted by Gasteiger charge is -2.36. The van der Waals surface area contributed by atoms with Crippen LogP contribution < -0.4 is 5.32 Å². The van der Waals surface area contributed by atoms with E-state index in [1.807, 2.05) is 25.6 Å². The highest BCUT2D eigenvalue weighted by Gasteiger charge is 2.33. The van der Waals surface area contributed by atoms with Crippen LogP contribution in [0.1, 0.15) is 36.2 Å². The van der Waals surface area contributed by atoms with Crippen LogP contribution in [0, 0.1) is 13.8 Å². The minimum Gasteiger partial charge on any atom is -0.394 e. The molecule has 0 saturated carbocycles. The van der Waals surface area contributed by atoms with Crippen LogP contribution in [0.25, 0.3) is 0 Å². The van der Waals surface area contributed by atoms with Gasteiger partial charge in [-0.2, -0.15) is 5.10 Å². The number of amides is 1. The average molecular weight is 295 g/mol. The lowest BCUT2D eigenvalue weighted by atomic mass is 9.90. The molecule has 0 spiro atoms. The zero-order valence-corrected chi connectivity index (χ0v) is 13.1. The molecule has 0 unspecified atom stereocenters. The van der Waals surface area contributed by atoms with Crippen LogP contribution in [0.15, 0.2) is 0 Å². The van der Waals surface area contributed by atoms with E-state index < -0.39 is 5.54 Å². The van der Waals surface area contributed by atoms with Gasteiger partial charge < -0.3 is 15.2 Å². The normalized spacial score (nSPS) is 17.7. The van der Waals surface area contributed by atoms with Crippen molar-refractivity contribution < 1.29 is 14.6 Å². The minimum atomic E-state index is -0.506. The van der Waals surface area contributed by atoms with Gasteiger partial charge in [-0.25, -0.2) is 0 Å². The number of nitrogens with zero attached hydrogens (tertiary/aromatic N) is 2. The summed E-state index contributed by atoms with van der Waals surface area (Å²) in [7, 11) is 1.91. The fourth-order valence-electron chi connectivity index (χ4n) is 2.86. The monoisotopic (exact) mass is 295 g/mol. The number of aliphatic hydroxyl groups excluding tert-OH is 1.